The number of hydrogen-bond acceptors (Lipinski definition) is 3. The SMILES string of the molecule is O=Cc1ccc(C(=O)N[C@H](CO)c2ccccc2)cc1. The van der Waals surface area contributed by atoms with Gasteiger partial charge in [0.2, 0.25) is 0 Å². The van der Waals surface area contributed by atoms with E-state index in [0.717, 1.165) is 11.8 Å². The lowest BCUT2D eigenvalue weighted by molar-refractivity contribution is 0.0915. The molecule has 0 unspecified atom stereocenters. The van der Waals surface area contributed by atoms with Crippen molar-refractivity contribution < 1.29 is 14.7 Å². The molecular weight excluding hydrogens is 254 g/mol. The van der Waals surface area contributed by atoms with Gasteiger partial charge in [-0.05, 0) is 17.7 Å². The first-order valence-corrected chi connectivity index (χ1v) is 6.26. The minimum absolute atomic E-state index is 0.178. The van der Waals surface area contributed by atoms with Crippen molar-refractivity contribution in [2.24, 2.45) is 0 Å². The summed E-state index contributed by atoms with van der Waals surface area (Å²) in [6.07, 6.45) is 0.724. The van der Waals surface area contributed by atoms with E-state index in [1.165, 1.54) is 0 Å². The average molecular weight is 269 g/mol. The summed E-state index contributed by atoms with van der Waals surface area (Å²) in [5, 5.41) is 12.2. The second kappa shape index (κ2) is 6.63. The van der Waals surface area contributed by atoms with Gasteiger partial charge in [-0.15, -0.1) is 0 Å². The Morgan fingerprint density at radius 3 is 2.30 bits per heavy atom. The summed E-state index contributed by atoms with van der Waals surface area (Å²) in [5.74, 6) is -0.287. The smallest absolute Gasteiger partial charge is 0.251 e. The molecule has 2 aromatic rings. The first-order valence-electron chi connectivity index (χ1n) is 6.26. The summed E-state index contributed by atoms with van der Waals surface area (Å²) in [7, 11) is 0. The molecule has 0 aliphatic rings. The highest BCUT2D eigenvalue weighted by Crippen LogP contribution is 2.13. The predicted molar refractivity (Wildman–Crippen MR) is 75.6 cm³/mol. The van der Waals surface area contributed by atoms with Crippen molar-refractivity contribution in [3.05, 3.63) is 71.3 Å². The van der Waals surface area contributed by atoms with E-state index in [2.05, 4.69) is 5.32 Å². The van der Waals surface area contributed by atoms with Crippen LogP contribution in [0.3, 0.4) is 0 Å². The Balaban J connectivity index is 2.10. The van der Waals surface area contributed by atoms with Gasteiger partial charge in [-0.3, -0.25) is 9.59 Å². The number of hydrogen-bond donors (Lipinski definition) is 2. The van der Waals surface area contributed by atoms with Crippen LogP contribution in [0.4, 0.5) is 0 Å². The number of aldehydes is 1. The molecule has 2 N–H and O–H groups in total. The fourth-order valence-electron chi connectivity index (χ4n) is 1.87. The van der Waals surface area contributed by atoms with Crippen molar-refractivity contribution in [2.75, 3.05) is 6.61 Å². The zero-order valence-corrected chi connectivity index (χ0v) is 10.8. The van der Waals surface area contributed by atoms with E-state index < -0.39 is 6.04 Å². The predicted octanol–water partition coefficient (Wildman–Crippen LogP) is 1.96. The van der Waals surface area contributed by atoms with E-state index >= 15 is 0 Å². The lowest BCUT2D eigenvalue weighted by Crippen LogP contribution is -2.30. The summed E-state index contributed by atoms with van der Waals surface area (Å²) in [5.41, 5.74) is 1.81. The third-order valence-electron chi connectivity index (χ3n) is 3.00. The van der Waals surface area contributed by atoms with Crippen molar-refractivity contribution in [1.82, 2.24) is 5.32 Å². The van der Waals surface area contributed by atoms with E-state index in [9.17, 15) is 14.7 Å². The quantitative estimate of drug-likeness (QED) is 0.815. The van der Waals surface area contributed by atoms with E-state index in [1.807, 2.05) is 30.3 Å². The Labute approximate surface area is 117 Å². The molecule has 4 heteroatoms. The molecule has 102 valence electrons. The molecule has 0 radical (unpaired) electrons. The van der Waals surface area contributed by atoms with E-state index in [0.29, 0.717) is 11.1 Å². The normalized spacial score (nSPS) is 11.7. The van der Waals surface area contributed by atoms with Gasteiger partial charge in [0.25, 0.3) is 5.91 Å². The first-order chi connectivity index (χ1) is 9.74. The monoisotopic (exact) mass is 269 g/mol. The van der Waals surface area contributed by atoms with Crippen LogP contribution in [0.2, 0.25) is 0 Å². The Morgan fingerprint density at radius 2 is 1.75 bits per heavy atom. The lowest BCUT2D eigenvalue weighted by Gasteiger charge is -2.16. The van der Waals surface area contributed by atoms with Crippen LogP contribution in [-0.2, 0) is 0 Å². The summed E-state index contributed by atoms with van der Waals surface area (Å²) < 4.78 is 0. The van der Waals surface area contributed by atoms with Gasteiger partial charge in [-0.2, -0.15) is 0 Å². The van der Waals surface area contributed by atoms with Crippen molar-refractivity contribution in [3.8, 4) is 0 Å². The molecular formula is C16H15NO3. The standard InChI is InChI=1S/C16H15NO3/c18-10-12-6-8-14(9-7-12)16(20)17-15(11-19)13-4-2-1-3-5-13/h1-10,15,19H,11H2,(H,17,20)/t15-/m1/s1. The minimum Gasteiger partial charge on any atom is -0.394 e. The maximum absolute atomic E-state index is 12.1. The van der Waals surface area contributed by atoms with Gasteiger partial charge < -0.3 is 10.4 Å². The van der Waals surface area contributed by atoms with Gasteiger partial charge in [-0.1, -0.05) is 42.5 Å². The highest BCUT2D eigenvalue weighted by molar-refractivity contribution is 5.95. The third kappa shape index (κ3) is 3.30. The summed E-state index contributed by atoms with van der Waals surface area (Å²) in [6.45, 7) is -0.178. The maximum atomic E-state index is 12.1. The van der Waals surface area contributed by atoms with Crippen LogP contribution in [0.1, 0.15) is 32.3 Å². The number of aliphatic hydroxyl groups excluding tert-OH is 1. The van der Waals surface area contributed by atoms with Crippen LogP contribution in [0.15, 0.2) is 54.6 Å². The summed E-state index contributed by atoms with van der Waals surface area (Å²) >= 11 is 0. The fourth-order valence-corrected chi connectivity index (χ4v) is 1.87. The van der Waals surface area contributed by atoms with Gasteiger partial charge in [0.1, 0.15) is 6.29 Å². The van der Waals surface area contributed by atoms with Crippen LogP contribution >= 0.6 is 0 Å². The third-order valence-corrected chi connectivity index (χ3v) is 3.00. The number of benzene rings is 2. The molecule has 2 aromatic carbocycles. The molecule has 0 spiro atoms. The molecule has 20 heavy (non-hydrogen) atoms. The zero-order chi connectivity index (χ0) is 14.4. The maximum Gasteiger partial charge on any atom is 0.251 e. The van der Waals surface area contributed by atoms with Gasteiger partial charge >= 0.3 is 0 Å². The highest BCUT2D eigenvalue weighted by Gasteiger charge is 2.14. The molecule has 0 aliphatic carbocycles. The molecule has 0 aliphatic heterocycles. The van der Waals surface area contributed by atoms with Crippen LogP contribution in [0.25, 0.3) is 0 Å². The molecule has 0 aromatic heterocycles. The fraction of sp³-hybridized carbons (Fsp3) is 0.125. The van der Waals surface area contributed by atoms with Gasteiger partial charge in [0.05, 0.1) is 12.6 Å². The topological polar surface area (TPSA) is 66.4 Å². The lowest BCUT2D eigenvalue weighted by atomic mass is 10.1. The van der Waals surface area contributed by atoms with Crippen LogP contribution in [-0.4, -0.2) is 23.9 Å². The van der Waals surface area contributed by atoms with E-state index in [4.69, 9.17) is 0 Å². The second-order valence-corrected chi connectivity index (χ2v) is 4.36. The van der Waals surface area contributed by atoms with Crippen LogP contribution in [0, 0.1) is 0 Å². The molecule has 0 saturated heterocycles. The molecule has 0 fully saturated rings. The number of carbonyl (C=O) groups excluding carboxylic acids is 2. The van der Waals surface area contributed by atoms with Crippen molar-refractivity contribution in [1.29, 1.82) is 0 Å². The second-order valence-electron chi connectivity index (χ2n) is 4.36. The number of aliphatic hydroxyl groups is 1. The molecule has 2 rings (SSSR count). The Morgan fingerprint density at radius 1 is 1.10 bits per heavy atom. The molecule has 0 heterocycles. The van der Waals surface area contributed by atoms with Crippen molar-refractivity contribution in [2.45, 2.75) is 6.04 Å². The Hall–Kier alpha value is -2.46. The summed E-state index contributed by atoms with van der Waals surface area (Å²) in [6, 6.07) is 15.1. The van der Waals surface area contributed by atoms with Gasteiger partial charge in [0.15, 0.2) is 0 Å². The van der Waals surface area contributed by atoms with Crippen molar-refractivity contribution in [3.63, 3.8) is 0 Å². The molecule has 1 atom stereocenters. The number of rotatable bonds is 5. The molecule has 1 amide bonds. The summed E-state index contributed by atoms with van der Waals surface area (Å²) in [4.78, 5) is 22.6. The van der Waals surface area contributed by atoms with Gasteiger partial charge in [-0.25, -0.2) is 0 Å². The molecule has 4 nitrogen and oxygen atoms in total. The van der Waals surface area contributed by atoms with Gasteiger partial charge in [0, 0.05) is 11.1 Å². The Kier molecular flexibility index (Phi) is 4.63. The zero-order valence-electron chi connectivity index (χ0n) is 10.8. The first kappa shape index (κ1) is 14.0. The minimum atomic E-state index is -0.450. The molecule has 0 saturated carbocycles. The van der Waals surface area contributed by atoms with E-state index in [1.54, 1.807) is 24.3 Å². The van der Waals surface area contributed by atoms with Crippen molar-refractivity contribution >= 4 is 12.2 Å². The Bertz CT molecular complexity index is 578. The number of nitrogens with one attached hydrogen (secondary N) is 1. The number of carbonyl (C=O) groups is 2. The highest BCUT2D eigenvalue weighted by atomic mass is 16.3. The molecule has 0 bridgehead atoms. The average Bonchev–Trinajstić information content (AvgIpc) is 2.53. The number of amides is 1. The largest absolute Gasteiger partial charge is 0.394 e. The van der Waals surface area contributed by atoms with Crippen LogP contribution < -0.4 is 5.32 Å². The van der Waals surface area contributed by atoms with E-state index in [-0.39, 0.29) is 12.5 Å². The van der Waals surface area contributed by atoms with Crippen LogP contribution in [0.5, 0.6) is 0 Å².